The highest BCUT2D eigenvalue weighted by Crippen LogP contribution is 2.09. The third-order valence-electron chi connectivity index (χ3n) is 2.29. The first-order chi connectivity index (χ1) is 7.65. The molecule has 0 bridgehead atoms. The lowest BCUT2D eigenvalue weighted by atomic mass is 10.1. The normalized spacial score (nSPS) is 10.5. The van der Waals surface area contributed by atoms with Gasteiger partial charge >= 0.3 is 5.97 Å². The summed E-state index contributed by atoms with van der Waals surface area (Å²) in [6.45, 7) is 5.94. The second-order valence-electron chi connectivity index (χ2n) is 4.17. The smallest absolute Gasteiger partial charge is 0.338 e. The Kier molecular flexibility index (Phi) is 4.99. The number of esters is 1. The van der Waals surface area contributed by atoms with Crippen LogP contribution in [0.4, 0.5) is 0 Å². The van der Waals surface area contributed by atoms with Crippen molar-refractivity contribution >= 4 is 5.97 Å². The summed E-state index contributed by atoms with van der Waals surface area (Å²) in [7, 11) is 1.40. The van der Waals surface area contributed by atoms with Crippen LogP contribution in [0.3, 0.4) is 0 Å². The largest absolute Gasteiger partial charge is 0.465 e. The van der Waals surface area contributed by atoms with Crippen molar-refractivity contribution in [3.8, 4) is 0 Å². The van der Waals surface area contributed by atoms with Gasteiger partial charge in [-0.3, -0.25) is 0 Å². The van der Waals surface area contributed by atoms with E-state index in [9.17, 15) is 4.79 Å². The zero-order valence-electron chi connectivity index (χ0n) is 10.1. The van der Waals surface area contributed by atoms with Gasteiger partial charge in [-0.2, -0.15) is 0 Å². The Hall–Kier alpha value is -1.35. The van der Waals surface area contributed by atoms with Crippen molar-refractivity contribution < 1.29 is 9.53 Å². The molecule has 0 amide bonds. The number of benzene rings is 1. The number of hydrogen-bond acceptors (Lipinski definition) is 3. The van der Waals surface area contributed by atoms with E-state index < -0.39 is 0 Å². The van der Waals surface area contributed by atoms with Crippen LogP contribution in [-0.2, 0) is 11.3 Å². The molecule has 0 spiro atoms. The van der Waals surface area contributed by atoms with Crippen molar-refractivity contribution in [3.63, 3.8) is 0 Å². The predicted octanol–water partition coefficient (Wildman–Crippen LogP) is 2.22. The van der Waals surface area contributed by atoms with E-state index in [1.165, 1.54) is 7.11 Å². The number of carbonyl (C=O) groups is 1. The molecule has 0 aromatic heterocycles. The van der Waals surface area contributed by atoms with Crippen molar-refractivity contribution in [1.29, 1.82) is 0 Å². The molecule has 0 aliphatic heterocycles. The van der Waals surface area contributed by atoms with E-state index in [-0.39, 0.29) is 5.97 Å². The van der Waals surface area contributed by atoms with Gasteiger partial charge < -0.3 is 10.1 Å². The zero-order valence-corrected chi connectivity index (χ0v) is 10.1. The molecule has 0 aliphatic carbocycles. The summed E-state index contributed by atoms with van der Waals surface area (Å²) in [5, 5.41) is 3.31. The minimum Gasteiger partial charge on any atom is -0.465 e. The Morgan fingerprint density at radius 1 is 1.38 bits per heavy atom. The number of nitrogens with one attached hydrogen (secondary N) is 1. The summed E-state index contributed by atoms with van der Waals surface area (Å²) in [5.41, 5.74) is 1.62. The van der Waals surface area contributed by atoms with Crippen molar-refractivity contribution in [2.45, 2.75) is 20.4 Å². The molecule has 0 aliphatic rings. The number of rotatable bonds is 5. The minimum absolute atomic E-state index is 0.276. The van der Waals surface area contributed by atoms with Crippen LogP contribution in [0.25, 0.3) is 0 Å². The summed E-state index contributed by atoms with van der Waals surface area (Å²) in [6, 6.07) is 7.51. The van der Waals surface area contributed by atoms with Crippen molar-refractivity contribution in [2.75, 3.05) is 13.7 Å². The molecule has 3 heteroatoms. The second kappa shape index (κ2) is 6.28. The highest BCUT2D eigenvalue weighted by Gasteiger charge is 2.10. The molecule has 0 saturated carbocycles. The highest BCUT2D eigenvalue weighted by molar-refractivity contribution is 5.90. The molecule has 1 aromatic carbocycles. The molecular weight excluding hydrogens is 202 g/mol. The summed E-state index contributed by atoms with van der Waals surface area (Å²) in [4.78, 5) is 11.5. The van der Waals surface area contributed by atoms with Crippen molar-refractivity contribution in [1.82, 2.24) is 5.32 Å². The van der Waals surface area contributed by atoms with Gasteiger partial charge in [-0.25, -0.2) is 4.79 Å². The van der Waals surface area contributed by atoms with Crippen LogP contribution in [0, 0.1) is 5.92 Å². The SMILES string of the molecule is COC(=O)c1ccccc1CNCC(C)C. The number of methoxy groups -OCH3 is 1. The lowest BCUT2D eigenvalue weighted by Gasteiger charge is -2.10. The van der Waals surface area contributed by atoms with Gasteiger partial charge in [0.1, 0.15) is 0 Å². The fourth-order valence-electron chi connectivity index (χ4n) is 1.48. The number of carbonyl (C=O) groups excluding carboxylic acids is 1. The molecule has 1 N–H and O–H groups in total. The van der Waals surface area contributed by atoms with E-state index in [2.05, 4.69) is 19.2 Å². The quantitative estimate of drug-likeness (QED) is 0.775. The van der Waals surface area contributed by atoms with Gasteiger partial charge in [-0.15, -0.1) is 0 Å². The van der Waals surface area contributed by atoms with Gasteiger partial charge in [0.2, 0.25) is 0 Å². The van der Waals surface area contributed by atoms with Crippen LogP contribution in [0.1, 0.15) is 29.8 Å². The Balaban J connectivity index is 2.67. The Bertz CT molecular complexity index is 348. The van der Waals surface area contributed by atoms with Crippen LogP contribution in [0.15, 0.2) is 24.3 Å². The first-order valence-corrected chi connectivity index (χ1v) is 5.52. The molecule has 16 heavy (non-hydrogen) atoms. The van der Waals surface area contributed by atoms with Crippen LogP contribution < -0.4 is 5.32 Å². The third-order valence-corrected chi connectivity index (χ3v) is 2.29. The molecule has 0 heterocycles. The Morgan fingerprint density at radius 2 is 2.06 bits per heavy atom. The number of ether oxygens (including phenoxy) is 1. The second-order valence-corrected chi connectivity index (χ2v) is 4.17. The molecule has 1 rings (SSSR count). The molecule has 0 saturated heterocycles. The Labute approximate surface area is 96.8 Å². The van der Waals surface area contributed by atoms with E-state index in [0.29, 0.717) is 18.0 Å². The zero-order chi connectivity index (χ0) is 12.0. The lowest BCUT2D eigenvalue weighted by Crippen LogP contribution is -2.20. The van der Waals surface area contributed by atoms with Gasteiger partial charge in [-0.1, -0.05) is 32.0 Å². The summed E-state index contributed by atoms with van der Waals surface area (Å²) in [5.74, 6) is 0.326. The van der Waals surface area contributed by atoms with Crippen LogP contribution in [0.5, 0.6) is 0 Å². The molecule has 0 atom stereocenters. The maximum Gasteiger partial charge on any atom is 0.338 e. The van der Waals surface area contributed by atoms with Gasteiger partial charge in [0.05, 0.1) is 12.7 Å². The van der Waals surface area contributed by atoms with Gasteiger partial charge in [0, 0.05) is 6.54 Å². The Morgan fingerprint density at radius 3 is 2.69 bits per heavy atom. The monoisotopic (exact) mass is 221 g/mol. The van der Waals surface area contributed by atoms with E-state index in [4.69, 9.17) is 4.74 Å². The van der Waals surface area contributed by atoms with Crippen LogP contribution >= 0.6 is 0 Å². The van der Waals surface area contributed by atoms with E-state index >= 15 is 0 Å². The summed E-state index contributed by atoms with van der Waals surface area (Å²) in [6.07, 6.45) is 0. The van der Waals surface area contributed by atoms with E-state index in [1.54, 1.807) is 6.07 Å². The average molecular weight is 221 g/mol. The molecule has 0 unspecified atom stereocenters. The maximum atomic E-state index is 11.5. The van der Waals surface area contributed by atoms with Crippen molar-refractivity contribution in [3.05, 3.63) is 35.4 Å². The standard InChI is InChI=1S/C13H19NO2/c1-10(2)8-14-9-11-6-4-5-7-12(11)13(15)16-3/h4-7,10,14H,8-9H2,1-3H3. The van der Waals surface area contributed by atoms with Crippen molar-refractivity contribution in [2.24, 2.45) is 5.92 Å². The van der Waals surface area contributed by atoms with E-state index in [1.807, 2.05) is 18.2 Å². The molecule has 3 nitrogen and oxygen atoms in total. The fourth-order valence-corrected chi connectivity index (χ4v) is 1.48. The average Bonchev–Trinajstić information content (AvgIpc) is 2.28. The van der Waals surface area contributed by atoms with E-state index in [0.717, 1.165) is 12.1 Å². The van der Waals surface area contributed by atoms with Crippen LogP contribution in [0.2, 0.25) is 0 Å². The minimum atomic E-state index is -0.276. The van der Waals surface area contributed by atoms with Gasteiger partial charge in [0.25, 0.3) is 0 Å². The number of hydrogen-bond donors (Lipinski definition) is 1. The molecule has 1 aromatic rings. The maximum absolute atomic E-state index is 11.5. The summed E-state index contributed by atoms with van der Waals surface area (Å²) >= 11 is 0. The van der Waals surface area contributed by atoms with Gasteiger partial charge in [-0.05, 0) is 24.1 Å². The summed E-state index contributed by atoms with van der Waals surface area (Å²) < 4.78 is 4.74. The third kappa shape index (κ3) is 3.66. The molecular formula is C13H19NO2. The molecule has 88 valence electrons. The lowest BCUT2D eigenvalue weighted by molar-refractivity contribution is 0.0599. The fraction of sp³-hybridized carbons (Fsp3) is 0.462. The first kappa shape index (κ1) is 12.7. The predicted molar refractivity (Wildman–Crippen MR) is 64.3 cm³/mol. The molecule has 0 fully saturated rings. The highest BCUT2D eigenvalue weighted by atomic mass is 16.5. The first-order valence-electron chi connectivity index (χ1n) is 5.52. The van der Waals surface area contributed by atoms with Gasteiger partial charge in [0.15, 0.2) is 0 Å². The molecule has 0 radical (unpaired) electrons. The van der Waals surface area contributed by atoms with Crippen LogP contribution in [-0.4, -0.2) is 19.6 Å². The topological polar surface area (TPSA) is 38.3 Å².